The smallest absolute Gasteiger partial charge is 0.118 e. The first-order chi connectivity index (χ1) is 8.45. The highest BCUT2D eigenvalue weighted by molar-refractivity contribution is 9.10. The van der Waals surface area contributed by atoms with Crippen LogP contribution in [0, 0.1) is 0 Å². The van der Waals surface area contributed by atoms with Crippen LogP contribution in [0.5, 0.6) is 0 Å². The Balaban J connectivity index is 2.16. The van der Waals surface area contributed by atoms with E-state index in [1.54, 1.807) is 18.1 Å². The van der Waals surface area contributed by atoms with Gasteiger partial charge in [0.25, 0.3) is 0 Å². The summed E-state index contributed by atoms with van der Waals surface area (Å²) in [6.45, 7) is 6.66. The molecule has 0 saturated carbocycles. The Bertz CT molecular complexity index is 532. The first-order valence-corrected chi connectivity index (χ1v) is 7.32. The van der Waals surface area contributed by atoms with E-state index >= 15 is 0 Å². The van der Waals surface area contributed by atoms with Gasteiger partial charge in [-0.3, -0.25) is 0 Å². The van der Waals surface area contributed by atoms with Crippen LogP contribution >= 0.6 is 27.7 Å². The number of rotatable bonds is 2. The molecule has 0 aliphatic carbocycles. The van der Waals surface area contributed by atoms with Crippen LogP contribution in [-0.2, 0) is 5.41 Å². The van der Waals surface area contributed by atoms with Gasteiger partial charge in [0.15, 0.2) is 0 Å². The highest BCUT2D eigenvalue weighted by Crippen LogP contribution is 2.29. The molecule has 0 aliphatic rings. The molecule has 0 unspecified atom stereocenters. The molecule has 0 amide bonds. The van der Waals surface area contributed by atoms with Gasteiger partial charge in [0.2, 0.25) is 0 Å². The normalized spacial score (nSPS) is 11.6. The summed E-state index contributed by atoms with van der Waals surface area (Å²) in [5.74, 6) is 0. The summed E-state index contributed by atoms with van der Waals surface area (Å²) in [4.78, 5) is 9.44. The zero-order valence-electron chi connectivity index (χ0n) is 10.6. The van der Waals surface area contributed by atoms with E-state index in [0.717, 1.165) is 9.63 Å². The highest BCUT2D eigenvalue weighted by Gasteiger charge is 2.13. The second kappa shape index (κ2) is 5.41. The van der Waals surface area contributed by atoms with E-state index in [-0.39, 0.29) is 5.41 Å². The lowest BCUT2D eigenvalue weighted by Gasteiger charge is -2.18. The van der Waals surface area contributed by atoms with E-state index in [0.29, 0.717) is 0 Å². The van der Waals surface area contributed by atoms with E-state index in [9.17, 15) is 0 Å². The van der Waals surface area contributed by atoms with Crippen molar-refractivity contribution in [2.24, 2.45) is 0 Å². The summed E-state index contributed by atoms with van der Waals surface area (Å²) in [6.07, 6.45) is 1.57. The summed E-state index contributed by atoms with van der Waals surface area (Å²) in [7, 11) is 0. The predicted octanol–water partition coefficient (Wildman–Crippen LogP) is 4.69. The van der Waals surface area contributed by atoms with E-state index in [1.165, 1.54) is 10.5 Å². The lowest BCUT2D eigenvalue weighted by molar-refractivity contribution is 0.590. The number of nitrogens with zero attached hydrogens (tertiary/aromatic N) is 2. The van der Waals surface area contributed by atoms with Gasteiger partial charge in [-0.05, 0) is 39.0 Å². The largest absolute Gasteiger partial charge is 0.230 e. The van der Waals surface area contributed by atoms with Crippen molar-refractivity contribution >= 4 is 27.7 Å². The average molecular weight is 323 g/mol. The van der Waals surface area contributed by atoms with Crippen LogP contribution in [0.25, 0.3) is 0 Å². The fourth-order valence-electron chi connectivity index (χ4n) is 1.52. The van der Waals surface area contributed by atoms with Gasteiger partial charge < -0.3 is 0 Å². The Labute approximate surface area is 120 Å². The molecule has 0 fully saturated rings. The van der Waals surface area contributed by atoms with Gasteiger partial charge in [-0.25, -0.2) is 9.97 Å². The van der Waals surface area contributed by atoms with Gasteiger partial charge in [0, 0.05) is 11.0 Å². The van der Waals surface area contributed by atoms with Crippen LogP contribution in [0.15, 0.2) is 51.2 Å². The first kappa shape index (κ1) is 13.6. The SMILES string of the molecule is CC(C)(C)c1ccc(Sc2cc(Br)ncn2)cc1. The van der Waals surface area contributed by atoms with Crippen LogP contribution in [-0.4, -0.2) is 9.97 Å². The maximum atomic E-state index is 4.23. The van der Waals surface area contributed by atoms with Gasteiger partial charge in [0.05, 0.1) is 0 Å². The van der Waals surface area contributed by atoms with Crippen molar-refractivity contribution < 1.29 is 0 Å². The summed E-state index contributed by atoms with van der Waals surface area (Å²) in [6, 6.07) is 10.6. The molecular weight excluding hydrogens is 308 g/mol. The van der Waals surface area contributed by atoms with E-state index in [1.807, 2.05) is 6.07 Å². The van der Waals surface area contributed by atoms with Crippen molar-refractivity contribution in [3.05, 3.63) is 46.8 Å². The minimum Gasteiger partial charge on any atom is -0.230 e. The molecule has 0 aliphatic heterocycles. The zero-order valence-corrected chi connectivity index (χ0v) is 13.0. The average Bonchev–Trinajstić information content (AvgIpc) is 2.28. The third-order valence-electron chi connectivity index (χ3n) is 2.55. The molecule has 0 bridgehead atoms. The van der Waals surface area contributed by atoms with Crippen LogP contribution in [0.3, 0.4) is 0 Å². The van der Waals surface area contributed by atoms with Gasteiger partial charge in [-0.15, -0.1) is 0 Å². The predicted molar refractivity (Wildman–Crippen MR) is 79.0 cm³/mol. The molecule has 2 aromatic rings. The molecule has 2 rings (SSSR count). The monoisotopic (exact) mass is 322 g/mol. The van der Waals surface area contributed by atoms with E-state index < -0.39 is 0 Å². The van der Waals surface area contributed by atoms with Gasteiger partial charge in [0.1, 0.15) is 16.0 Å². The molecule has 0 spiro atoms. The van der Waals surface area contributed by atoms with Crippen LogP contribution < -0.4 is 0 Å². The molecule has 2 nitrogen and oxygen atoms in total. The summed E-state index contributed by atoms with van der Waals surface area (Å²) in [5, 5.41) is 0.945. The van der Waals surface area contributed by atoms with Crippen LogP contribution in [0.1, 0.15) is 26.3 Å². The third-order valence-corrected chi connectivity index (χ3v) is 3.93. The summed E-state index contributed by atoms with van der Waals surface area (Å²) >= 11 is 4.99. The Morgan fingerprint density at radius 1 is 1.06 bits per heavy atom. The zero-order chi connectivity index (χ0) is 13.2. The number of halogens is 1. The number of aromatic nitrogens is 2. The van der Waals surface area contributed by atoms with E-state index in [4.69, 9.17) is 0 Å². The molecule has 1 heterocycles. The highest BCUT2D eigenvalue weighted by atomic mass is 79.9. The van der Waals surface area contributed by atoms with Crippen molar-refractivity contribution in [3.8, 4) is 0 Å². The van der Waals surface area contributed by atoms with Crippen molar-refractivity contribution in [3.63, 3.8) is 0 Å². The topological polar surface area (TPSA) is 25.8 Å². The minimum absolute atomic E-state index is 0.196. The second-order valence-corrected chi connectivity index (χ2v) is 6.96. The molecule has 4 heteroatoms. The molecule has 1 aromatic carbocycles. The van der Waals surface area contributed by atoms with Gasteiger partial charge >= 0.3 is 0 Å². The Hall–Kier alpha value is -0.870. The number of benzene rings is 1. The second-order valence-electron chi connectivity index (χ2n) is 5.06. The van der Waals surface area contributed by atoms with Crippen molar-refractivity contribution in [2.45, 2.75) is 36.1 Å². The van der Waals surface area contributed by atoms with Crippen LogP contribution in [0.4, 0.5) is 0 Å². The summed E-state index contributed by atoms with van der Waals surface area (Å²) < 4.78 is 0.811. The quantitative estimate of drug-likeness (QED) is 0.750. The lowest BCUT2D eigenvalue weighted by Crippen LogP contribution is -2.10. The number of hydrogen-bond donors (Lipinski definition) is 0. The lowest BCUT2D eigenvalue weighted by atomic mass is 9.87. The van der Waals surface area contributed by atoms with Crippen molar-refractivity contribution in [2.75, 3.05) is 0 Å². The van der Waals surface area contributed by atoms with E-state index in [2.05, 4.69) is 70.9 Å². The maximum absolute atomic E-state index is 4.23. The first-order valence-electron chi connectivity index (χ1n) is 5.71. The standard InChI is InChI=1S/C14H15BrN2S/c1-14(2,3)10-4-6-11(7-5-10)18-13-8-12(15)16-9-17-13/h4-9H,1-3H3. The molecule has 0 N–H and O–H groups in total. The van der Waals surface area contributed by atoms with Gasteiger partial charge in [-0.2, -0.15) is 0 Å². The Morgan fingerprint density at radius 3 is 2.28 bits per heavy atom. The fourth-order valence-corrected chi connectivity index (χ4v) is 2.76. The fraction of sp³-hybridized carbons (Fsp3) is 0.286. The molecule has 94 valence electrons. The van der Waals surface area contributed by atoms with Crippen molar-refractivity contribution in [1.82, 2.24) is 9.97 Å². The molecule has 18 heavy (non-hydrogen) atoms. The minimum atomic E-state index is 0.196. The summed E-state index contributed by atoms with van der Waals surface area (Å²) in [5.41, 5.74) is 1.54. The molecule has 0 radical (unpaired) electrons. The van der Waals surface area contributed by atoms with Crippen LogP contribution in [0.2, 0.25) is 0 Å². The molecule has 0 atom stereocenters. The molecule has 1 aromatic heterocycles. The Morgan fingerprint density at radius 2 is 1.72 bits per heavy atom. The van der Waals surface area contributed by atoms with Gasteiger partial charge in [-0.1, -0.05) is 44.7 Å². The Kier molecular flexibility index (Phi) is 4.07. The third kappa shape index (κ3) is 3.56. The maximum Gasteiger partial charge on any atom is 0.118 e. The van der Waals surface area contributed by atoms with Crippen molar-refractivity contribution in [1.29, 1.82) is 0 Å². The number of hydrogen-bond acceptors (Lipinski definition) is 3. The molecule has 0 saturated heterocycles. The molecular formula is C14H15BrN2S.